The van der Waals surface area contributed by atoms with Gasteiger partial charge in [-0.15, -0.1) is 0 Å². The molecule has 2 N–H and O–H groups in total. The van der Waals surface area contributed by atoms with Gasteiger partial charge in [0.1, 0.15) is 6.61 Å². The van der Waals surface area contributed by atoms with E-state index in [4.69, 9.17) is 14.6 Å². The van der Waals surface area contributed by atoms with Crippen LogP contribution in [0.2, 0.25) is 0 Å². The number of carbonyl (C=O) groups is 2. The lowest BCUT2D eigenvalue weighted by Crippen LogP contribution is -2.43. The fourth-order valence-electron chi connectivity index (χ4n) is 8.17. The second-order valence-corrected chi connectivity index (χ2v) is 14.4. The van der Waals surface area contributed by atoms with E-state index in [1.807, 2.05) is 11.0 Å². The summed E-state index contributed by atoms with van der Waals surface area (Å²) < 4.78 is 44.5. The Hall–Kier alpha value is -4.08. The van der Waals surface area contributed by atoms with Crippen LogP contribution in [0.1, 0.15) is 67.0 Å². The Kier molecular flexibility index (Phi) is 11.4. The average Bonchev–Trinajstić information content (AvgIpc) is 3.78. The monoisotopic (exact) mass is 723 g/mol. The number of urea groups is 1. The number of hydrogen-bond donors (Lipinski definition) is 2. The van der Waals surface area contributed by atoms with Crippen molar-refractivity contribution in [2.75, 3.05) is 77.6 Å². The normalized spacial score (nSPS) is 18.5. The molecule has 3 aromatic rings. The van der Waals surface area contributed by atoms with E-state index in [1.54, 1.807) is 42.1 Å². The number of ether oxygens (including phenoxy) is 2. The fraction of sp³-hybridized carbons (Fsp3) is 0.622. The Morgan fingerprint density at radius 3 is 2.54 bits per heavy atom. The number of nitrogens with zero attached hydrogens (tertiary/aromatic N) is 7. The van der Waals surface area contributed by atoms with Crippen LogP contribution in [0, 0.1) is 5.92 Å². The number of alkyl halides is 2. The van der Waals surface area contributed by atoms with Crippen LogP contribution in [0.15, 0.2) is 24.5 Å². The summed E-state index contributed by atoms with van der Waals surface area (Å²) in [6.45, 7) is 6.48. The van der Waals surface area contributed by atoms with Gasteiger partial charge in [0, 0.05) is 87.6 Å². The second kappa shape index (κ2) is 16.3. The summed E-state index contributed by atoms with van der Waals surface area (Å²) in [5, 5.41) is 15.6. The molecule has 0 atom stereocenters. The number of halogens is 2. The van der Waals surface area contributed by atoms with Gasteiger partial charge in [-0.1, -0.05) is 0 Å². The van der Waals surface area contributed by atoms with Crippen LogP contribution >= 0.6 is 0 Å². The van der Waals surface area contributed by atoms with Crippen LogP contribution in [-0.2, 0) is 40.7 Å². The third kappa shape index (κ3) is 7.81. The summed E-state index contributed by atoms with van der Waals surface area (Å²) in [6, 6.07) is 3.42. The Morgan fingerprint density at radius 1 is 1.02 bits per heavy atom. The molecule has 0 saturated carbocycles. The zero-order valence-corrected chi connectivity index (χ0v) is 30.3. The van der Waals surface area contributed by atoms with Gasteiger partial charge < -0.3 is 34.8 Å². The van der Waals surface area contributed by atoms with Gasteiger partial charge in [0.25, 0.3) is 6.43 Å². The molecule has 282 valence electrons. The Balaban J connectivity index is 1.06. The fourth-order valence-corrected chi connectivity index (χ4v) is 8.17. The Labute approximate surface area is 303 Å². The maximum atomic E-state index is 14.6. The highest BCUT2D eigenvalue weighted by molar-refractivity contribution is 5.79. The molecule has 13 nitrogen and oxygen atoms in total. The van der Waals surface area contributed by atoms with Gasteiger partial charge in [0.15, 0.2) is 5.82 Å². The van der Waals surface area contributed by atoms with Gasteiger partial charge in [-0.25, -0.2) is 13.6 Å². The van der Waals surface area contributed by atoms with Crippen molar-refractivity contribution in [1.82, 2.24) is 40.0 Å². The van der Waals surface area contributed by atoms with Crippen LogP contribution in [0.3, 0.4) is 0 Å². The first-order valence-corrected chi connectivity index (χ1v) is 18.7. The maximum Gasteiger partial charge on any atom is 0.317 e. The number of aromatic nitrogens is 4. The predicted molar refractivity (Wildman–Crippen MR) is 192 cm³/mol. The van der Waals surface area contributed by atoms with Crippen molar-refractivity contribution in [3.8, 4) is 11.1 Å². The van der Waals surface area contributed by atoms with Crippen LogP contribution < -0.4 is 15.5 Å². The number of carbonyl (C=O) groups excluding carboxylic acids is 2. The molecule has 52 heavy (non-hydrogen) atoms. The lowest BCUT2D eigenvalue weighted by atomic mass is 9.92. The average molecular weight is 724 g/mol. The van der Waals surface area contributed by atoms with Crippen molar-refractivity contribution in [1.29, 1.82) is 0 Å². The number of fused-ring (bicyclic) bond motifs is 2. The van der Waals surface area contributed by atoms with Crippen molar-refractivity contribution in [3.63, 3.8) is 0 Å². The van der Waals surface area contributed by atoms with Crippen molar-refractivity contribution >= 4 is 23.4 Å². The summed E-state index contributed by atoms with van der Waals surface area (Å²) in [5.41, 5.74) is 4.86. The number of hydrogen-bond acceptors (Lipinski definition) is 8. The molecule has 6 heterocycles. The minimum Gasteiger partial charge on any atom is -0.379 e. The zero-order valence-electron chi connectivity index (χ0n) is 30.3. The molecule has 2 aromatic heterocycles. The lowest BCUT2D eigenvalue weighted by molar-refractivity contribution is -0.138. The van der Waals surface area contributed by atoms with Crippen LogP contribution in [0.5, 0.6) is 0 Å². The molecule has 7 rings (SSSR count). The third-order valence-electron chi connectivity index (χ3n) is 11.0. The molecule has 0 aliphatic carbocycles. The van der Waals surface area contributed by atoms with E-state index in [0.717, 1.165) is 80.7 Å². The highest BCUT2D eigenvalue weighted by atomic mass is 19.3. The third-order valence-corrected chi connectivity index (χ3v) is 11.0. The minimum absolute atomic E-state index is 0.0216. The molecule has 0 bridgehead atoms. The zero-order chi connectivity index (χ0) is 36.2. The number of anilines is 2. The molecule has 4 aliphatic rings. The number of nitrogens with one attached hydrogen (secondary N) is 2. The topological polar surface area (TPSA) is 122 Å². The predicted octanol–water partition coefficient (Wildman–Crippen LogP) is 4.20. The van der Waals surface area contributed by atoms with E-state index in [-0.39, 0.29) is 30.2 Å². The molecule has 0 unspecified atom stereocenters. The molecule has 15 heteroatoms. The largest absolute Gasteiger partial charge is 0.379 e. The van der Waals surface area contributed by atoms with Crippen molar-refractivity contribution in [2.24, 2.45) is 13.0 Å². The minimum atomic E-state index is -2.67. The molecule has 0 radical (unpaired) electrons. The summed E-state index contributed by atoms with van der Waals surface area (Å²) in [7, 11) is 3.40. The van der Waals surface area contributed by atoms with E-state index in [2.05, 4.69) is 25.3 Å². The highest BCUT2D eigenvalue weighted by Gasteiger charge is 2.35. The van der Waals surface area contributed by atoms with E-state index in [0.29, 0.717) is 75.2 Å². The van der Waals surface area contributed by atoms with Crippen molar-refractivity contribution < 1.29 is 27.8 Å². The van der Waals surface area contributed by atoms with E-state index in [9.17, 15) is 18.4 Å². The summed E-state index contributed by atoms with van der Waals surface area (Å²) in [6.07, 6.45) is 6.68. The highest BCUT2D eigenvalue weighted by Crippen LogP contribution is 2.43. The molecule has 4 aliphatic heterocycles. The van der Waals surface area contributed by atoms with Crippen LogP contribution in [0.25, 0.3) is 11.1 Å². The molecule has 1 aromatic carbocycles. The van der Waals surface area contributed by atoms with Crippen molar-refractivity contribution in [3.05, 3.63) is 46.9 Å². The van der Waals surface area contributed by atoms with Crippen LogP contribution in [0.4, 0.5) is 25.1 Å². The number of aryl methyl sites for hydroxylation is 2. The first kappa shape index (κ1) is 36.3. The van der Waals surface area contributed by atoms with Gasteiger partial charge in [-0.2, -0.15) is 10.2 Å². The maximum absolute atomic E-state index is 14.6. The summed E-state index contributed by atoms with van der Waals surface area (Å²) in [5.74, 6) is 1.29. The standard InChI is InChI=1S/C37H51F2N9O4/c1-40-37(50)46-15-9-32-31(22-46)36(47-12-3-4-26-18-29(27-20-42-44(2)21-27)30(35(38)39)19-33(26)47)43-48(32)28-7-13-45(14-8-28)34(49)24-52-17-16-51-23-25-5-10-41-11-6-25/h18-21,25,28,35,41H,3-17,22-24H2,1-2H3,(H,40,50). The van der Waals surface area contributed by atoms with E-state index in [1.165, 1.54) is 0 Å². The number of benzene rings is 1. The number of amides is 3. The van der Waals surface area contributed by atoms with Gasteiger partial charge in [-0.05, 0) is 80.8 Å². The summed E-state index contributed by atoms with van der Waals surface area (Å²) >= 11 is 0. The van der Waals surface area contributed by atoms with Gasteiger partial charge in [0.05, 0.1) is 32.0 Å². The first-order chi connectivity index (χ1) is 25.3. The van der Waals surface area contributed by atoms with Crippen LogP contribution in [-0.4, -0.2) is 114 Å². The SMILES string of the molecule is CNC(=O)N1CCc2c(c(N3CCCc4cc(-c5cnn(C)c5)c(C(F)F)cc43)nn2C2CCN(C(=O)COCCOCC3CCNCC3)CC2)C1. The van der Waals surface area contributed by atoms with Gasteiger partial charge >= 0.3 is 6.03 Å². The van der Waals surface area contributed by atoms with E-state index < -0.39 is 6.43 Å². The molecular weight excluding hydrogens is 672 g/mol. The molecular formula is C37H51F2N9O4. The van der Waals surface area contributed by atoms with Gasteiger partial charge in [-0.3, -0.25) is 14.2 Å². The number of rotatable bonds is 11. The Bertz CT molecular complexity index is 1710. The first-order valence-electron chi connectivity index (χ1n) is 18.7. The van der Waals surface area contributed by atoms with E-state index >= 15 is 0 Å². The van der Waals surface area contributed by atoms with Gasteiger partial charge in [0.2, 0.25) is 5.91 Å². The Morgan fingerprint density at radius 2 is 1.81 bits per heavy atom. The van der Waals surface area contributed by atoms with Crippen molar-refractivity contribution in [2.45, 2.75) is 64.0 Å². The molecule has 2 fully saturated rings. The number of likely N-dealkylation sites (tertiary alicyclic amines) is 1. The molecule has 3 amide bonds. The lowest BCUT2D eigenvalue weighted by Gasteiger charge is -2.34. The smallest absolute Gasteiger partial charge is 0.317 e. The number of piperidine rings is 2. The molecule has 2 saturated heterocycles. The second-order valence-electron chi connectivity index (χ2n) is 14.4. The summed E-state index contributed by atoms with van der Waals surface area (Å²) in [4.78, 5) is 31.5. The molecule has 0 spiro atoms. The quantitative estimate of drug-likeness (QED) is 0.283.